The van der Waals surface area contributed by atoms with Crippen molar-refractivity contribution in [2.75, 3.05) is 55.4 Å². The molecule has 0 atom stereocenters. The molecule has 0 radical (unpaired) electrons. The lowest BCUT2D eigenvalue weighted by molar-refractivity contribution is -0.131. The van der Waals surface area contributed by atoms with Crippen molar-refractivity contribution in [3.8, 4) is 5.88 Å². The molecule has 1 aliphatic carbocycles. The second-order valence-electron chi connectivity index (χ2n) is 10.4. The fourth-order valence-electron chi connectivity index (χ4n) is 4.82. The molecule has 4 aromatic rings. The molecule has 6 rings (SSSR count). The van der Waals surface area contributed by atoms with Crippen LogP contribution >= 0.6 is 0 Å². The van der Waals surface area contributed by atoms with Crippen molar-refractivity contribution < 1.29 is 23.5 Å². The molecule has 2 amide bonds. The summed E-state index contributed by atoms with van der Waals surface area (Å²) in [6.07, 6.45) is 4.38. The lowest BCUT2D eigenvalue weighted by atomic mass is 10.0. The highest BCUT2D eigenvalue weighted by molar-refractivity contribution is 6.17. The van der Waals surface area contributed by atoms with E-state index in [1.54, 1.807) is 24.5 Å². The Labute approximate surface area is 242 Å². The van der Waals surface area contributed by atoms with E-state index >= 15 is 0 Å². The van der Waals surface area contributed by atoms with E-state index in [0.29, 0.717) is 36.7 Å². The van der Waals surface area contributed by atoms with Crippen LogP contribution in [0.3, 0.4) is 0 Å². The van der Waals surface area contributed by atoms with Crippen LogP contribution in [-0.2, 0) is 14.3 Å². The molecule has 10 nitrogen and oxygen atoms in total. The number of fused-ring (bicyclic) bond motifs is 1. The van der Waals surface area contributed by atoms with Gasteiger partial charge in [0.25, 0.3) is 0 Å². The van der Waals surface area contributed by atoms with Crippen molar-refractivity contribution in [3.05, 3.63) is 78.9 Å². The Morgan fingerprint density at radius 2 is 1.55 bits per heavy atom. The van der Waals surface area contributed by atoms with Crippen LogP contribution in [0.5, 0.6) is 5.88 Å². The molecule has 1 saturated heterocycles. The van der Waals surface area contributed by atoms with Gasteiger partial charge in [0.1, 0.15) is 17.8 Å². The third-order valence-electron chi connectivity index (χ3n) is 7.51. The molecule has 0 unspecified atom stereocenters. The minimum absolute atomic E-state index is 0.364. The van der Waals surface area contributed by atoms with Gasteiger partial charge in [-0.25, -0.2) is 9.37 Å². The van der Waals surface area contributed by atoms with E-state index in [9.17, 15) is 14.0 Å². The van der Waals surface area contributed by atoms with Crippen LogP contribution in [0, 0.1) is 11.2 Å². The Kier molecular flexibility index (Phi) is 7.93. The van der Waals surface area contributed by atoms with Crippen molar-refractivity contribution in [3.63, 3.8) is 0 Å². The summed E-state index contributed by atoms with van der Waals surface area (Å²) in [6.45, 7) is 4.69. The number of nitrogens with one attached hydrogen (secondary N) is 3. The minimum atomic E-state index is -1.13. The van der Waals surface area contributed by atoms with Gasteiger partial charge in [-0.2, -0.15) is 0 Å². The molecular formula is C31H31FN6O4. The number of amides is 2. The van der Waals surface area contributed by atoms with E-state index in [0.717, 1.165) is 55.1 Å². The minimum Gasteiger partial charge on any atom is -0.476 e. The standard InChI is InChI=1S/C31H31FN6O4/c32-21-1-3-23(4-2-21)36-29(39)31(10-11-31)30(40)37-24-7-5-22(6-8-24)35-26-9-12-33-27-19-28(34-20-25(26)27)42-18-15-38-13-16-41-17-14-38/h1-9,12,19-20H,10-11,13-18H2,(H,33,35)(H,36,39)(H,37,40). The van der Waals surface area contributed by atoms with E-state index in [2.05, 4.69) is 30.8 Å². The van der Waals surface area contributed by atoms with Gasteiger partial charge in [-0.1, -0.05) is 0 Å². The highest BCUT2D eigenvalue weighted by atomic mass is 19.1. The Hall–Kier alpha value is -4.61. The first-order valence-electron chi connectivity index (χ1n) is 13.9. The quantitative estimate of drug-likeness (QED) is 0.237. The van der Waals surface area contributed by atoms with Crippen LogP contribution in [0.4, 0.5) is 27.1 Å². The van der Waals surface area contributed by atoms with Gasteiger partial charge in [-0.3, -0.25) is 19.5 Å². The molecule has 216 valence electrons. The fraction of sp³-hybridized carbons (Fsp3) is 0.290. The molecular weight excluding hydrogens is 539 g/mol. The third kappa shape index (κ3) is 6.32. The predicted molar refractivity (Wildman–Crippen MR) is 157 cm³/mol. The van der Waals surface area contributed by atoms with Crippen molar-refractivity contribution in [2.24, 2.45) is 5.41 Å². The Balaban J connectivity index is 1.05. The summed E-state index contributed by atoms with van der Waals surface area (Å²) in [6, 6.07) is 16.4. The first-order valence-corrected chi connectivity index (χ1v) is 13.9. The molecule has 0 bridgehead atoms. The van der Waals surface area contributed by atoms with Gasteiger partial charge in [-0.05, 0) is 67.4 Å². The summed E-state index contributed by atoms with van der Waals surface area (Å²) in [7, 11) is 0. The van der Waals surface area contributed by atoms with Crippen LogP contribution in [0.15, 0.2) is 73.1 Å². The summed E-state index contributed by atoms with van der Waals surface area (Å²) >= 11 is 0. The number of benzene rings is 2. The number of pyridine rings is 2. The molecule has 2 fully saturated rings. The zero-order valence-corrected chi connectivity index (χ0v) is 22.9. The number of aromatic nitrogens is 2. The fourth-order valence-corrected chi connectivity index (χ4v) is 4.82. The first kappa shape index (κ1) is 27.6. The highest BCUT2D eigenvalue weighted by Crippen LogP contribution is 2.47. The van der Waals surface area contributed by atoms with Crippen LogP contribution in [-0.4, -0.2) is 66.1 Å². The average Bonchev–Trinajstić information content (AvgIpc) is 3.83. The zero-order valence-electron chi connectivity index (χ0n) is 22.9. The normalized spacial score (nSPS) is 16.0. The Bertz CT molecular complexity index is 1570. The Morgan fingerprint density at radius 1 is 0.905 bits per heavy atom. The van der Waals surface area contributed by atoms with E-state index < -0.39 is 17.1 Å². The number of rotatable bonds is 10. The van der Waals surface area contributed by atoms with E-state index in [4.69, 9.17) is 9.47 Å². The van der Waals surface area contributed by atoms with Crippen LogP contribution in [0.1, 0.15) is 12.8 Å². The summed E-state index contributed by atoms with van der Waals surface area (Å²) in [5, 5.41) is 9.80. The van der Waals surface area contributed by atoms with Gasteiger partial charge in [-0.15, -0.1) is 0 Å². The number of carbonyl (C=O) groups is 2. The van der Waals surface area contributed by atoms with Crippen LogP contribution in [0.2, 0.25) is 0 Å². The maximum atomic E-state index is 13.2. The van der Waals surface area contributed by atoms with Crippen molar-refractivity contribution in [2.45, 2.75) is 12.8 Å². The molecule has 2 aromatic carbocycles. The second-order valence-corrected chi connectivity index (χ2v) is 10.4. The third-order valence-corrected chi connectivity index (χ3v) is 7.51. The SMILES string of the molecule is O=C(Nc1ccc(F)cc1)C1(C(=O)Nc2ccc(Nc3ccnc4cc(OCCN5CCOCC5)ncc34)cc2)CC1. The summed E-state index contributed by atoms with van der Waals surface area (Å²) in [5.41, 5.74) is 2.29. The number of morpholine rings is 1. The number of carbonyl (C=O) groups excluding carboxylic acids is 2. The van der Waals surface area contributed by atoms with Gasteiger partial charge in [0.15, 0.2) is 0 Å². The molecule has 42 heavy (non-hydrogen) atoms. The molecule has 2 aromatic heterocycles. The Morgan fingerprint density at radius 3 is 2.21 bits per heavy atom. The molecule has 1 saturated carbocycles. The van der Waals surface area contributed by atoms with Gasteiger partial charge in [0, 0.05) is 60.5 Å². The lowest BCUT2D eigenvalue weighted by Crippen LogP contribution is -2.38. The zero-order chi connectivity index (χ0) is 28.9. The van der Waals surface area contributed by atoms with Crippen LogP contribution < -0.4 is 20.7 Å². The van der Waals surface area contributed by atoms with E-state index in [-0.39, 0.29) is 5.91 Å². The molecule has 0 spiro atoms. The maximum absolute atomic E-state index is 13.2. The number of nitrogens with zero attached hydrogens (tertiary/aromatic N) is 3. The van der Waals surface area contributed by atoms with Crippen molar-refractivity contribution >= 4 is 45.5 Å². The largest absolute Gasteiger partial charge is 0.476 e. The highest BCUT2D eigenvalue weighted by Gasteiger charge is 2.56. The summed E-state index contributed by atoms with van der Waals surface area (Å²) in [4.78, 5) is 37.1. The van der Waals surface area contributed by atoms with Gasteiger partial charge < -0.3 is 25.4 Å². The van der Waals surface area contributed by atoms with Gasteiger partial charge in [0.05, 0.1) is 24.4 Å². The summed E-state index contributed by atoms with van der Waals surface area (Å²) < 4.78 is 24.4. The molecule has 3 N–H and O–H groups in total. The molecule has 3 heterocycles. The van der Waals surface area contributed by atoms with Gasteiger partial charge >= 0.3 is 0 Å². The molecule has 11 heteroatoms. The van der Waals surface area contributed by atoms with Crippen molar-refractivity contribution in [1.29, 1.82) is 0 Å². The monoisotopic (exact) mass is 570 g/mol. The number of ether oxygens (including phenoxy) is 2. The van der Waals surface area contributed by atoms with Crippen molar-refractivity contribution in [1.82, 2.24) is 14.9 Å². The average molecular weight is 571 g/mol. The smallest absolute Gasteiger partial charge is 0.240 e. The number of hydrogen-bond donors (Lipinski definition) is 3. The molecule has 2 aliphatic rings. The maximum Gasteiger partial charge on any atom is 0.240 e. The van der Waals surface area contributed by atoms with Gasteiger partial charge in [0.2, 0.25) is 17.7 Å². The van der Waals surface area contributed by atoms with E-state index in [1.165, 1.54) is 24.3 Å². The summed E-state index contributed by atoms with van der Waals surface area (Å²) in [5.74, 6) is -0.626. The molecule has 1 aliphatic heterocycles. The first-order chi connectivity index (χ1) is 20.5. The topological polar surface area (TPSA) is 118 Å². The van der Waals surface area contributed by atoms with E-state index in [1.807, 2.05) is 24.3 Å². The number of hydrogen-bond acceptors (Lipinski definition) is 8. The second kappa shape index (κ2) is 12.1. The van der Waals surface area contributed by atoms with Crippen LogP contribution in [0.25, 0.3) is 10.9 Å². The number of halogens is 1. The predicted octanol–water partition coefficient (Wildman–Crippen LogP) is 4.58. The lowest BCUT2D eigenvalue weighted by Gasteiger charge is -2.26. The number of anilines is 4.